The largest absolute Gasteiger partial charge is 0.354 e. The van der Waals surface area contributed by atoms with E-state index >= 15 is 0 Å². The fraction of sp³-hybridized carbons (Fsp3) is 0.615. The van der Waals surface area contributed by atoms with Crippen molar-refractivity contribution in [1.82, 2.24) is 15.3 Å². The van der Waals surface area contributed by atoms with Crippen LogP contribution < -0.4 is 10.2 Å². The van der Waals surface area contributed by atoms with E-state index in [2.05, 4.69) is 15.3 Å². The summed E-state index contributed by atoms with van der Waals surface area (Å²) in [6.07, 6.45) is 0.907. The molecule has 0 atom stereocenters. The molecule has 1 aromatic rings. The fourth-order valence-corrected chi connectivity index (χ4v) is 2.22. The molecule has 1 amide bonds. The van der Waals surface area contributed by atoms with Crippen LogP contribution >= 0.6 is 11.6 Å². The van der Waals surface area contributed by atoms with Crippen LogP contribution in [-0.4, -0.2) is 35.5 Å². The first-order valence-corrected chi connectivity index (χ1v) is 6.92. The lowest BCUT2D eigenvalue weighted by Crippen LogP contribution is -2.34. The van der Waals surface area contributed by atoms with Gasteiger partial charge in [0.05, 0.1) is 6.54 Å². The van der Waals surface area contributed by atoms with Gasteiger partial charge >= 0.3 is 0 Å². The van der Waals surface area contributed by atoms with Gasteiger partial charge in [0.2, 0.25) is 5.91 Å². The molecule has 1 N–H and O–H groups in total. The van der Waals surface area contributed by atoms with E-state index in [-0.39, 0.29) is 11.8 Å². The van der Waals surface area contributed by atoms with Gasteiger partial charge in [0.25, 0.3) is 0 Å². The Morgan fingerprint density at radius 2 is 2.11 bits per heavy atom. The summed E-state index contributed by atoms with van der Waals surface area (Å²) in [7, 11) is 0. The molecule has 2 heterocycles. The van der Waals surface area contributed by atoms with Gasteiger partial charge in [-0.3, -0.25) is 4.79 Å². The van der Waals surface area contributed by atoms with Crippen molar-refractivity contribution in [3.8, 4) is 0 Å². The highest BCUT2D eigenvalue weighted by Crippen LogP contribution is 2.26. The number of amides is 1. The number of anilines is 1. The Balaban J connectivity index is 2.39. The number of nitrogens with zero attached hydrogens (tertiary/aromatic N) is 3. The maximum absolute atomic E-state index is 11.7. The first-order chi connectivity index (χ1) is 8.99. The van der Waals surface area contributed by atoms with E-state index in [1.807, 2.05) is 25.7 Å². The van der Waals surface area contributed by atoms with Gasteiger partial charge in [-0.1, -0.05) is 25.4 Å². The first kappa shape index (κ1) is 14.1. The van der Waals surface area contributed by atoms with Gasteiger partial charge in [0.15, 0.2) is 0 Å². The van der Waals surface area contributed by atoms with Gasteiger partial charge in [0, 0.05) is 24.6 Å². The molecule has 0 unspecified atom stereocenters. The van der Waals surface area contributed by atoms with Gasteiger partial charge in [-0.25, -0.2) is 9.97 Å². The van der Waals surface area contributed by atoms with Gasteiger partial charge in [0.1, 0.15) is 16.8 Å². The molecule has 1 saturated heterocycles. The number of carbonyl (C=O) groups is 1. The number of hydrogen-bond donors (Lipinski definition) is 1. The molecule has 0 spiro atoms. The van der Waals surface area contributed by atoms with Crippen LogP contribution in [0.1, 0.15) is 37.6 Å². The molecule has 0 aliphatic carbocycles. The Morgan fingerprint density at radius 1 is 1.37 bits per heavy atom. The second kappa shape index (κ2) is 5.74. The topological polar surface area (TPSA) is 58.1 Å². The highest BCUT2D eigenvalue weighted by molar-refractivity contribution is 6.30. The van der Waals surface area contributed by atoms with Crippen molar-refractivity contribution in [3.63, 3.8) is 0 Å². The molecule has 6 heteroatoms. The first-order valence-electron chi connectivity index (χ1n) is 6.54. The van der Waals surface area contributed by atoms with Gasteiger partial charge in [-0.2, -0.15) is 0 Å². The van der Waals surface area contributed by atoms with Crippen LogP contribution in [0.5, 0.6) is 0 Å². The molecule has 1 aliphatic heterocycles. The van der Waals surface area contributed by atoms with Crippen LogP contribution in [0.4, 0.5) is 5.82 Å². The summed E-state index contributed by atoms with van der Waals surface area (Å²) in [5.74, 6) is 1.73. The molecule has 0 radical (unpaired) electrons. The van der Waals surface area contributed by atoms with Crippen LogP contribution in [0.2, 0.25) is 5.15 Å². The highest BCUT2D eigenvalue weighted by atomic mass is 35.5. The molecule has 1 fully saturated rings. The summed E-state index contributed by atoms with van der Waals surface area (Å²) in [4.78, 5) is 22.5. The third kappa shape index (κ3) is 3.15. The minimum atomic E-state index is 0.0257. The summed E-state index contributed by atoms with van der Waals surface area (Å²) in [6, 6.07) is 0. The van der Waals surface area contributed by atoms with Crippen LogP contribution in [0.3, 0.4) is 0 Å². The molecule has 5 nitrogen and oxygen atoms in total. The lowest BCUT2D eigenvalue weighted by molar-refractivity contribution is -0.119. The molecule has 1 aliphatic rings. The van der Waals surface area contributed by atoms with E-state index in [0.717, 1.165) is 30.2 Å². The molecule has 0 aromatic carbocycles. The Hall–Kier alpha value is -1.36. The van der Waals surface area contributed by atoms with E-state index in [4.69, 9.17) is 11.6 Å². The number of hydrogen-bond acceptors (Lipinski definition) is 4. The smallest absolute Gasteiger partial charge is 0.239 e. The van der Waals surface area contributed by atoms with Crippen molar-refractivity contribution in [1.29, 1.82) is 0 Å². The molecular formula is C13H19ClN4O. The van der Waals surface area contributed by atoms with E-state index in [1.165, 1.54) is 0 Å². The normalized spacial score (nSPS) is 16.5. The SMILES string of the molecule is Cc1c(Cl)nc(C(C)C)nc1N1CCCNC(=O)C1. The maximum atomic E-state index is 11.7. The van der Waals surface area contributed by atoms with Gasteiger partial charge in [-0.05, 0) is 13.3 Å². The average molecular weight is 283 g/mol. The third-order valence-electron chi connectivity index (χ3n) is 3.16. The maximum Gasteiger partial charge on any atom is 0.239 e. The zero-order valence-electron chi connectivity index (χ0n) is 11.5. The molecule has 19 heavy (non-hydrogen) atoms. The van der Waals surface area contributed by atoms with Crippen molar-refractivity contribution in [2.45, 2.75) is 33.1 Å². The standard InChI is InChI=1S/C13H19ClN4O/c1-8(2)12-16-11(14)9(3)13(17-12)18-6-4-5-15-10(19)7-18/h8H,4-7H2,1-3H3,(H,15,19). The van der Waals surface area contributed by atoms with Crippen LogP contribution in [-0.2, 0) is 4.79 Å². The summed E-state index contributed by atoms with van der Waals surface area (Å²) < 4.78 is 0. The van der Waals surface area contributed by atoms with E-state index in [0.29, 0.717) is 18.2 Å². The quantitative estimate of drug-likeness (QED) is 0.842. The lowest BCUT2D eigenvalue weighted by atomic mass is 10.2. The highest BCUT2D eigenvalue weighted by Gasteiger charge is 2.21. The van der Waals surface area contributed by atoms with Gasteiger partial charge < -0.3 is 10.2 Å². The summed E-state index contributed by atoms with van der Waals surface area (Å²) in [5.41, 5.74) is 0.834. The van der Waals surface area contributed by atoms with E-state index in [1.54, 1.807) is 0 Å². The van der Waals surface area contributed by atoms with Gasteiger partial charge in [-0.15, -0.1) is 0 Å². The van der Waals surface area contributed by atoms with Crippen molar-refractivity contribution in [2.24, 2.45) is 0 Å². The Kier molecular flexibility index (Phi) is 4.24. The molecule has 1 aromatic heterocycles. The summed E-state index contributed by atoms with van der Waals surface area (Å²) in [5, 5.41) is 3.33. The average Bonchev–Trinajstić information content (AvgIpc) is 2.57. The molecule has 104 valence electrons. The monoisotopic (exact) mass is 282 g/mol. The van der Waals surface area contributed by atoms with Crippen LogP contribution in [0.15, 0.2) is 0 Å². The van der Waals surface area contributed by atoms with E-state index < -0.39 is 0 Å². The number of halogens is 1. The zero-order valence-corrected chi connectivity index (χ0v) is 12.3. The van der Waals surface area contributed by atoms with Crippen molar-refractivity contribution in [2.75, 3.05) is 24.5 Å². The van der Waals surface area contributed by atoms with E-state index in [9.17, 15) is 4.79 Å². The predicted octanol–water partition coefficient (Wildman–Crippen LogP) is 1.89. The third-order valence-corrected chi connectivity index (χ3v) is 3.52. The zero-order chi connectivity index (χ0) is 14.0. The Morgan fingerprint density at radius 3 is 2.79 bits per heavy atom. The van der Waals surface area contributed by atoms with Crippen molar-refractivity contribution >= 4 is 23.3 Å². The summed E-state index contributed by atoms with van der Waals surface area (Å²) >= 11 is 6.18. The minimum Gasteiger partial charge on any atom is -0.354 e. The van der Waals surface area contributed by atoms with Crippen molar-refractivity contribution in [3.05, 3.63) is 16.5 Å². The lowest BCUT2D eigenvalue weighted by Gasteiger charge is -2.23. The number of rotatable bonds is 2. The summed E-state index contributed by atoms with van der Waals surface area (Å²) in [6.45, 7) is 7.78. The predicted molar refractivity (Wildman–Crippen MR) is 75.7 cm³/mol. The Labute approximate surface area is 118 Å². The molecule has 0 saturated carbocycles. The molecule has 0 bridgehead atoms. The van der Waals surface area contributed by atoms with Crippen LogP contribution in [0.25, 0.3) is 0 Å². The second-order valence-corrected chi connectivity index (χ2v) is 5.46. The fourth-order valence-electron chi connectivity index (χ4n) is 2.05. The number of aromatic nitrogens is 2. The second-order valence-electron chi connectivity index (χ2n) is 5.10. The molecule has 2 rings (SSSR count). The number of nitrogens with one attached hydrogen (secondary N) is 1. The van der Waals surface area contributed by atoms with Crippen molar-refractivity contribution < 1.29 is 4.79 Å². The Bertz CT molecular complexity index is 490. The van der Waals surface area contributed by atoms with Crippen LogP contribution in [0, 0.1) is 6.92 Å². The number of carbonyl (C=O) groups excluding carboxylic acids is 1. The molecular weight excluding hydrogens is 264 g/mol. The minimum absolute atomic E-state index is 0.0257.